The molecule has 0 spiro atoms. The molecule has 0 bridgehead atoms. The van der Waals surface area contributed by atoms with E-state index in [1.165, 1.54) is 0 Å². The Labute approximate surface area is 159 Å². The first-order chi connectivity index (χ1) is 13.1. The average Bonchev–Trinajstić information content (AvgIpc) is 3.02. The number of aromatic nitrogens is 2. The zero-order valence-corrected chi connectivity index (χ0v) is 15.9. The second kappa shape index (κ2) is 8.54. The first kappa shape index (κ1) is 18.7. The zero-order valence-electron chi connectivity index (χ0n) is 15.9. The standard InChI is InChI=1S/C22H25N3O2/c1-16(2)22(26)23-15-21-24-18-10-5-6-11-19(18)25(21)13-8-14-27-20-12-7-4-9-17(20)3/h4-7,9-12H,1,8,13-15H2,2-3H3,(H,23,26). The minimum Gasteiger partial charge on any atom is -0.493 e. The summed E-state index contributed by atoms with van der Waals surface area (Å²) in [4.78, 5) is 16.5. The number of fused-ring (bicyclic) bond motifs is 1. The fraction of sp³-hybridized carbons (Fsp3) is 0.273. The summed E-state index contributed by atoms with van der Waals surface area (Å²) < 4.78 is 8.05. The Bertz CT molecular complexity index is 959. The molecule has 1 N–H and O–H groups in total. The number of carbonyl (C=O) groups excluding carboxylic acids is 1. The molecule has 0 atom stereocenters. The fourth-order valence-electron chi connectivity index (χ4n) is 2.94. The number of ether oxygens (including phenoxy) is 1. The van der Waals surface area contributed by atoms with E-state index in [0.717, 1.165) is 41.1 Å². The Morgan fingerprint density at radius 1 is 1.19 bits per heavy atom. The van der Waals surface area contributed by atoms with Crippen molar-refractivity contribution >= 4 is 16.9 Å². The molecule has 1 heterocycles. The van der Waals surface area contributed by atoms with Crippen molar-refractivity contribution in [2.24, 2.45) is 0 Å². The molecular formula is C22H25N3O2. The number of benzene rings is 2. The van der Waals surface area contributed by atoms with Crippen molar-refractivity contribution in [1.82, 2.24) is 14.9 Å². The van der Waals surface area contributed by atoms with Crippen LogP contribution in [0.15, 0.2) is 60.7 Å². The van der Waals surface area contributed by atoms with Crippen LogP contribution in [0.1, 0.15) is 24.7 Å². The second-order valence-corrected chi connectivity index (χ2v) is 6.60. The van der Waals surface area contributed by atoms with Crippen LogP contribution in [0.5, 0.6) is 5.75 Å². The largest absolute Gasteiger partial charge is 0.493 e. The summed E-state index contributed by atoms with van der Waals surface area (Å²) in [6, 6.07) is 16.0. The van der Waals surface area contributed by atoms with Gasteiger partial charge < -0.3 is 14.6 Å². The highest BCUT2D eigenvalue weighted by Crippen LogP contribution is 2.18. The molecule has 0 aliphatic carbocycles. The van der Waals surface area contributed by atoms with Crippen molar-refractivity contribution in [2.45, 2.75) is 33.4 Å². The number of hydrogen-bond acceptors (Lipinski definition) is 3. The molecule has 0 saturated heterocycles. The maximum atomic E-state index is 11.8. The van der Waals surface area contributed by atoms with E-state index in [-0.39, 0.29) is 5.91 Å². The third-order valence-corrected chi connectivity index (χ3v) is 4.41. The number of amides is 1. The highest BCUT2D eigenvalue weighted by atomic mass is 16.5. The van der Waals surface area contributed by atoms with Gasteiger partial charge in [-0.25, -0.2) is 4.98 Å². The summed E-state index contributed by atoms with van der Waals surface area (Å²) in [6.07, 6.45) is 0.843. The lowest BCUT2D eigenvalue weighted by Crippen LogP contribution is -2.25. The minimum absolute atomic E-state index is 0.156. The normalized spacial score (nSPS) is 10.7. The number of nitrogens with one attached hydrogen (secondary N) is 1. The molecule has 0 saturated carbocycles. The molecule has 0 radical (unpaired) electrons. The third-order valence-electron chi connectivity index (χ3n) is 4.41. The quantitative estimate of drug-likeness (QED) is 0.486. The van der Waals surface area contributed by atoms with Crippen LogP contribution in [0.2, 0.25) is 0 Å². The summed E-state index contributed by atoms with van der Waals surface area (Å²) in [5, 5.41) is 2.87. The molecule has 5 nitrogen and oxygen atoms in total. The number of carbonyl (C=O) groups is 1. The number of rotatable bonds is 8. The van der Waals surface area contributed by atoms with Crippen molar-refractivity contribution in [3.05, 3.63) is 72.1 Å². The number of aryl methyl sites for hydroxylation is 2. The summed E-state index contributed by atoms with van der Waals surface area (Å²) in [6.45, 7) is 9.17. The van der Waals surface area contributed by atoms with E-state index >= 15 is 0 Å². The number of hydrogen-bond donors (Lipinski definition) is 1. The molecule has 0 unspecified atom stereocenters. The zero-order chi connectivity index (χ0) is 19.2. The van der Waals surface area contributed by atoms with Crippen LogP contribution in [0, 0.1) is 6.92 Å². The van der Waals surface area contributed by atoms with E-state index in [2.05, 4.69) is 27.5 Å². The predicted molar refractivity (Wildman–Crippen MR) is 108 cm³/mol. The SMILES string of the molecule is C=C(C)C(=O)NCc1nc2ccccc2n1CCCOc1ccccc1C. The highest BCUT2D eigenvalue weighted by Gasteiger charge is 2.11. The molecule has 27 heavy (non-hydrogen) atoms. The number of nitrogens with zero attached hydrogens (tertiary/aromatic N) is 2. The lowest BCUT2D eigenvalue weighted by atomic mass is 10.2. The molecule has 3 rings (SSSR count). The molecule has 0 aliphatic rings. The third kappa shape index (κ3) is 4.56. The maximum Gasteiger partial charge on any atom is 0.246 e. The van der Waals surface area contributed by atoms with Crippen LogP contribution >= 0.6 is 0 Å². The van der Waals surface area contributed by atoms with E-state index in [1.54, 1.807) is 6.92 Å². The van der Waals surface area contributed by atoms with E-state index in [9.17, 15) is 4.79 Å². The first-order valence-corrected chi connectivity index (χ1v) is 9.12. The molecule has 0 fully saturated rings. The van der Waals surface area contributed by atoms with Gasteiger partial charge in [0.05, 0.1) is 24.2 Å². The van der Waals surface area contributed by atoms with Crippen LogP contribution in [0.4, 0.5) is 0 Å². The minimum atomic E-state index is -0.156. The molecule has 3 aromatic rings. The molecule has 1 amide bonds. The molecular weight excluding hydrogens is 338 g/mol. The summed E-state index contributed by atoms with van der Waals surface area (Å²) >= 11 is 0. The van der Waals surface area contributed by atoms with Crippen LogP contribution in [-0.4, -0.2) is 22.1 Å². The van der Waals surface area contributed by atoms with Crippen LogP contribution in [0.25, 0.3) is 11.0 Å². The Hall–Kier alpha value is -3.08. The van der Waals surface area contributed by atoms with Crippen molar-refractivity contribution in [2.75, 3.05) is 6.61 Å². The maximum absolute atomic E-state index is 11.8. The van der Waals surface area contributed by atoms with E-state index in [4.69, 9.17) is 4.74 Å². The topological polar surface area (TPSA) is 56.2 Å². The van der Waals surface area contributed by atoms with Crippen LogP contribution in [0.3, 0.4) is 0 Å². The molecule has 2 aromatic carbocycles. The first-order valence-electron chi connectivity index (χ1n) is 9.12. The van der Waals surface area contributed by atoms with Crippen molar-refractivity contribution in [3.8, 4) is 5.75 Å². The molecule has 140 valence electrons. The predicted octanol–water partition coefficient (Wildman–Crippen LogP) is 4.01. The number of imidazole rings is 1. The highest BCUT2D eigenvalue weighted by molar-refractivity contribution is 5.92. The number of para-hydroxylation sites is 3. The molecule has 1 aromatic heterocycles. The van der Waals surface area contributed by atoms with Gasteiger partial charge in [0.15, 0.2) is 0 Å². The van der Waals surface area contributed by atoms with Crippen molar-refractivity contribution in [1.29, 1.82) is 0 Å². The van der Waals surface area contributed by atoms with Gasteiger partial charge in [0.2, 0.25) is 5.91 Å². The van der Waals surface area contributed by atoms with E-state index in [0.29, 0.717) is 18.7 Å². The van der Waals surface area contributed by atoms with Gasteiger partial charge in [-0.15, -0.1) is 0 Å². The Morgan fingerprint density at radius 3 is 2.70 bits per heavy atom. The Kier molecular flexibility index (Phi) is 5.91. The summed E-state index contributed by atoms with van der Waals surface area (Å²) in [5.41, 5.74) is 3.61. The summed E-state index contributed by atoms with van der Waals surface area (Å²) in [7, 11) is 0. The van der Waals surface area contributed by atoms with Crippen LogP contribution < -0.4 is 10.1 Å². The molecule has 0 aliphatic heterocycles. The van der Waals surface area contributed by atoms with Gasteiger partial charge in [-0.05, 0) is 44.0 Å². The van der Waals surface area contributed by atoms with E-state index in [1.807, 2.05) is 49.4 Å². The van der Waals surface area contributed by atoms with Gasteiger partial charge in [0.1, 0.15) is 11.6 Å². The average molecular weight is 363 g/mol. The smallest absolute Gasteiger partial charge is 0.246 e. The van der Waals surface area contributed by atoms with Crippen molar-refractivity contribution in [3.63, 3.8) is 0 Å². The fourth-order valence-corrected chi connectivity index (χ4v) is 2.94. The molecule has 5 heteroatoms. The Balaban J connectivity index is 1.68. The van der Waals surface area contributed by atoms with Crippen molar-refractivity contribution < 1.29 is 9.53 Å². The second-order valence-electron chi connectivity index (χ2n) is 6.60. The lowest BCUT2D eigenvalue weighted by Gasteiger charge is -2.12. The van der Waals surface area contributed by atoms with Gasteiger partial charge in [0.25, 0.3) is 0 Å². The van der Waals surface area contributed by atoms with Gasteiger partial charge in [-0.1, -0.05) is 36.9 Å². The monoisotopic (exact) mass is 363 g/mol. The Morgan fingerprint density at radius 2 is 1.93 bits per heavy atom. The van der Waals surface area contributed by atoms with Gasteiger partial charge in [-0.3, -0.25) is 4.79 Å². The van der Waals surface area contributed by atoms with Gasteiger partial charge >= 0.3 is 0 Å². The van der Waals surface area contributed by atoms with Crippen LogP contribution in [-0.2, 0) is 17.9 Å². The lowest BCUT2D eigenvalue weighted by molar-refractivity contribution is -0.117. The van der Waals surface area contributed by atoms with Gasteiger partial charge in [0, 0.05) is 12.1 Å². The van der Waals surface area contributed by atoms with E-state index < -0.39 is 0 Å². The summed E-state index contributed by atoms with van der Waals surface area (Å²) in [5.74, 6) is 1.60. The van der Waals surface area contributed by atoms with Gasteiger partial charge in [-0.2, -0.15) is 0 Å².